The molecule has 0 aromatic carbocycles. The lowest BCUT2D eigenvalue weighted by Gasteiger charge is -2.40. The summed E-state index contributed by atoms with van der Waals surface area (Å²) in [7, 11) is 5.92. The standard InChI is InChI=1S/C17H25BN4O2/c1-17(2,3)24-16(23)22-9-7-21(8-10-22)15-14(20-5-4-6-20)11-13(18)12-19-15/h11-12H,4-10H2,1-3H3. The molecule has 0 aliphatic carbocycles. The highest BCUT2D eigenvalue weighted by atomic mass is 16.6. The molecule has 1 aromatic rings. The Labute approximate surface area is 145 Å². The molecule has 2 fully saturated rings. The monoisotopic (exact) mass is 328 g/mol. The normalized spacial score (nSPS) is 18.4. The van der Waals surface area contributed by atoms with E-state index in [0.717, 1.165) is 37.7 Å². The van der Waals surface area contributed by atoms with Crippen molar-refractivity contribution in [2.24, 2.45) is 0 Å². The first-order chi connectivity index (χ1) is 11.3. The molecule has 3 heterocycles. The van der Waals surface area contributed by atoms with Crippen molar-refractivity contribution in [3.63, 3.8) is 0 Å². The van der Waals surface area contributed by atoms with Gasteiger partial charge in [0.1, 0.15) is 13.4 Å². The number of hydrogen-bond donors (Lipinski definition) is 0. The maximum absolute atomic E-state index is 12.2. The number of anilines is 2. The third-order valence-corrected chi connectivity index (χ3v) is 4.30. The molecule has 0 spiro atoms. The van der Waals surface area contributed by atoms with Crippen molar-refractivity contribution in [3.8, 4) is 0 Å². The average Bonchev–Trinajstić information content (AvgIpc) is 2.44. The van der Waals surface area contributed by atoms with Crippen molar-refractivity contribution in [2.45, 2.75) is 32.8 Å². The molecule has 2 saturated heterocycles. The van der Waals surface area contributed by atoms with Gasteiger partial charge in [-0.1, -0.05) is 5.46 Å². The Morgan fingerprint density at radius 3 is 2.33 bits per heavy atom. The lowest BCUT2D eigenvalue weighted by atomic mass is 9.97. The number of carbonyl (C=O) groups excluding carboxylic acids is 1. The van der Waals surface area contributed by atoms with Gasteiger partial charge in [0.15, 0.2) is 5.82 Å². The molecule has 128 valence electrons. The predicted octanol–water partition coefficient (Wildman–Crippen LogP) is 1.14. The zero-order valence-electron chi connectivity index (χ0n) is 14.8. The second-order valence-electron chi connectivity index (χ2n) is 7.41. The first-order valence-corrected chi connectivity index (χ1v) is 8.57. The van der Waals surface area contributed by atoms with Crippen LogP contribution < -0.4 is 15.3 Å². The minimum Gasteiger partial charge on any atom is -0.444 e. The molecule has 2 aliphatic heterocycles. The van der Waals surface area contributed by atoms with Gasteiger partial charge in [-0.2, -0.15) is 0 Å². The van der Waals surface area contributed by atoms with E-state index in [0.29, 0.717) is 18.6 Å². The number of amides is 1. The third kappa shape index (κ3) is 3.76. The molecule has 0 saturated carbocycles. The van der Waals surface area contributed by atoms with Crippen molar-refractivity contribution in [2.75, 3.05) is 49.1 Å². The number of nitrogens with zero attached hydrogens (tertiary/aromatic N) is 4. The van der Waals surface area contributed by atoms with Crippen molar-refractivity contribution >= 4 is 30.9 Å². The first-order valence-electron chi connectivity index (χ1n) is 8.57. The Kier molecular flexibility index (Phi) is 4.61. The van der Waals surface area contributed by atoms with Crippen LogP contribution in [0.5, 0.6) is 0 Å². The fourth-order valence-electron chi connectivity index (χ4n) is 2.92. The van der Waals surface area contributed by atoms with E-state index < -0.39 is 5.60 Å². The lowest BCUT2D eigenvalue weighted by Crippen LogP contribution is -2.51. The van der Waals surface area contributed by atoms with Gasteiger partial charge in [0.25, 0.3) is 0 Å². The number of carbonyl (C=O) groups is 1. The second kappa shape index (κ2) is 6.53. The van der Waals surface area contributed by atoms with E-state index in [1.807, 2.05) is 26.8 Å². The molecule has 2 aliphatic rings. The molecule has 24 heavy (non-hydrogen) atoms. The fourth-order valence-corrected chi connectivity index (χ4v) is 2.92. The second-order valence-corrected chi connectivity index (χ2v) is 7.41. The van der Waals surface area contributed by atoms with E-state index in [-0.39, 0.29) is 6.09 Å². The molecule has 0 N–H and O–H groups in total. The highest BCUT2D eigenvalue weighted by Crippen LogP contribution is 2.30. The Balaban J connectivity index is 1.66. The maximum Gasteiger partial charge on any atom is 0.410 e. The zero-order valence-corrected chi connectivity index (χ0v) is 14.8. The highest BCUT2D eigenvalue weighted by molar-refractivity contribution is 6.32. The molecule has 0 atom stereocenters. The van der Waals surface area contributed by atoms with Gasteiger partial charge >= 0.3 is 6.09 Å². The van der Waals surface area contributed by atoms with Gasteiger partial charge in [-0.15, -0.1) is 0 Å². The summed E-state index contributed by atoms with van der Waals surface area (Å²) in [6.07, 6.45) is 2.68. The topological polar surface area (TPSA) is 48.9 Å². The summed E-state index contributed by atoms with van der Waals surface area (Å²) >= 11 is 0. The molecule has 0 unspecified atom stereocenters. The summed E-state index contributed by atoms with van der Waals surface area (Å²) in [6, 6.07) is 2.00. The molecule has 1 amide bonds. The van der Waals surface area contributed by atoms with Gasteiger partial charge in [0.2, 0.25) is 0 Å². The summed E-state index contributed by atoms with van der Waals surface area (Å²) in [4.78, 5) is 23.0. The summed E-state index contributed by atoms with van der Waals surface area (Å²) in [6.45, 7) is 10.5. The van der Waals surface area contributed by atoms with Crippen LogP contribution in [0.4, 0.5) is 16.3 Å². The van der Waals surface area contributed by atoms with Crippen LogP contribution in [0.15, 0.2) is 12.3 Å². The summed E-state index contributed by atoms with van der Waals surface area (Å²) < 4.78 is 5.45. The minimum absolute atomic E-state index is 0.240. The van der Waals surface area contributed by atoms with Crippen LogP contribution in [0, 0.1) is 0 Å². The quantitative estimate of drug-likeness (QED) is 0.762. The number of ether oxygens (including phenoxy) is 1. The fraction of sp³-hybridized carbons (Fsp3) is 0.647. The van der Waals surface area contributed by atoms with Gasteiger partial charge < -0.3 is 19.4 Å². The SMILES string of the molecule is [B]c1cnc(N2CCN(C(=O)OC(C)(C)C)CC2)c(N2CCC2)c1. The first kappa shape index (κ1) is 16.9. The van der Waals surface area contributed by atoms with Gasteiger partial charge in [-0.3, -0.25) is 0 Å². The molecule has 3 rings (SSSR count). The van der Waals surface area contributed by atoms with Crippen LogP contribution in [0.2, 0.25) is 0 Å². The minimum atomic E-state index is -0.461. The Hall–Kier alpha value is -1.92. The van der Waals surface area contributed by atoms with Crippen molar-refractivity contribution in [1.82, 2.24) is 9.88 Å². The largest absolute Gasteiger partial charge is 0.444 e. The summed E-state index contributed by atoms with van der Waals surface area (Å²) in [5.41, 5.74) is 1.33. The van der Waals surface area contributed by atoms with Crippen LogP contribution in [0.1, 0.15) is 27.2 Å². The van der Waals surface area contributed by atoms with E-state index in [2.05, 4.69) is 14.8 Å². The van der Waals surface area contributed by atoms with Crippen molar-refractivity contribution in [3.05, 3.63) is 12.3 Å². The lowest BCUT2D eigenvalue weighted by molar-refractivity contribution is 0.0240. The molecule has 2 radical (unpaired) electrons. The van der Waals surface area contributed by atoms with Gasteiger partial charge in [0.05, 0.1) is 5.69 Å². The number of piperazine rings is 1. The number of rotatable bonds is 2. The van der Waals surface area contributed by atoms with Crippen LogP contribution in [0.25, 0.3) is 0 Å². The molecular formula is C17H25BN4O2. The van der Waals surface area contributed by atoms with Crippen molar-refractivity contribution in [1.29, 1.82) is 0 Å². The third-order valence-electron chi connectivity index (χ3n) is 4.30. The maximum atomic E-state index is 12.2. The van der Waals surface area contributed by atoms with Gasteiger partial charge in [0, 0.05) is 45.5 Å². The van der Waals surface area contributed by atoms with E-state index in [1.165, 1.54) is 6.42 Å². The van der Waals surface area contributed by atoms with Crippen LogP contribution in [-0.4, -0.2) is 68.7 Å². The van der Waals surface area contributed by atoms with Crippen LogP contribution in [0.3, 0.4) is 0 Å². The number of aromatic nitrogens is 1. The molecule has 7 heteroatoms. The summed E-state index contributed by atoms with van der Waals surface area (Å²) in [5.74, 6) is 0.965. The predicted molar refractivity (Wildman–Crippen MR) is 96.5 cm³/mol. The van der Waals surface area contributed by atoms with Crippen molar-refractivity contribution < 1.29 is 9.53 Å². The number of pyridine rings is 1. The van der Waals surface area contributed by atoms with Crippen LogP contribution >= 0.6 is 0 Å². The molecule has 0 bridgehead atoms. The highest BCUT2D eigenvalue weighted by Gasteiger charge is 2.28. The Morgan fingerprint density at radius 1 is 1.12 bits per heavy atom. The van der Waals surface area contributed by atoms with E-state index >= 15 is 0 Å². The average molecular weight is 328 g/mol. The zero-order chi connectivity index (χ0) is 17.3. The Morgan fingerprint density at radius 2 is 1.79 bits per heavy atom. The molecule has 6 nitrogen and oxygen atoms in total. The molecule has 1 aromatic heterocycles. The van der Waals surface area contributed by atoms with E-state index in [9.17, 15) is 4.79 Å². The summed E-state index contributed by atoms with van der Waals surface area (Å²) in [5, 5.41) is 0. The molecular weight excluding hydrogens is 303 g/mol. The van der Waals surface area contributed by atoms with Gasteiger partial charge in [-0.25, -0.2) is 9.78 Å². The number of hydrogen-bond acceptors (Lipinski definition) is 5. The van der Waals surface area contributed by atoms with Crippen LogP contribution in [-0.2, 0) is 4.74 Å². The Bertz CT molecular complexity index is 605. The van der Waals surface area contributed by atoms with E-state index in [4.69, 9.17) is 12.6 Å². The van der Waals surface area contributed by atoms with E-state index in [1.54, 1.807) is 11.1 Å². The van der Waals surface area contributed by atoms with Gasteiger partial charge in [-0.05, 0) is 33.3 Å². The smallest absolute Gasteiger partial charge is 0.410 e.